The second-order valence-corrected chi connectivity index (χ2v) is 3.31. The van der Waals surface area contributed by atoms with Crippen LogP contribution in [0.1, 0.15) is 35.8 Å². The summed E-state index contributed by atoms with van der Waals surface area (Å²) in [6.45, 7) is 3.35. The highest BCUT2D eigenvalue weighted by molar-refractivity contribution is 5.97. The summed E-state index contributed by atoms with van der Waals surface area (Å²) >= 11 is 0. The number of carbonyl (C=O) groups is 2. The van der Waals surface area contributed by atoms with E-state index in [1.807, 2.05) is 6.92 Å². The van der Waals surface area contributed by atoms with Gasteiger partial charge >= 0.3 is 0 Å². The second kappa shape index (κ2) is 4.65. The zero-order valence-corrected chi connectivity index (χ0v) is 8.41. The van der Waals surface area contributed by atoms with Crippen molar-refractivity contribution in [2.24, 2.45) is 0 Å². The van der Waals surface area contributed by atoms with Crippen molar-refractivity contribution in [1.82, 2.24) is 4.98 Å². The third-order valence-corrected chi connectivity index (χ3v) is 1.94. The Balaban J connectivity index is 2.61. The number of hydrogen-bond donors (Lipinski definition) is 0. The molecule has 14 heavy (non-hydrogen) atoms. The fourth-order valence-corrected chi connectivity index (χ4v) is 1.07. The molecule has 1 aromatic rings. The Morgan fingerprint density at radius 2 is 2.00 bits per heavy atom. The Morgan fingerprint density at radius 3 is 2.50 bits per heavy atom. The van der Waals surface area contributed by atoms with Crippen molar-refractivity contribution >= 4 is 11.6 Å². The lowest BCUT2D eigenvalue weighted by atomic mass is 10.1. The molecule has 0 amide bonds. The minimum absolute atomic E-state index is 0.0206. The van der Waals surface area contributed by atoms with E-state index >= 15 is 0 Å². The zero-order chi connectivity index (χ0) is 10.6. The van der Waals surface area contributed by atoms with E-state index in [0.29, 0.717) is 12.0 Å². The van der Waals surface area contributed by atoms with Crippen molar-refractivity contribution in [2.45, 2.75) is 26.7 Å². The monoisotopic (exact) mass is 191 g/mol. The van der Waals surface area contributed by atoms with Crippen molar-refractivity contribution in [3.63, 3.8) is 0 Å². The number of carbonyl (C=O) groups excluding carboxylic acids is 2. The van der Waals surface area contributed by atoms with E-state index in [-0.39, 0.29) is 18.0 Å². The zero-order valence-electron chi connectivity index (χ0n) is 8.41. The van der Waals surface area contributed by atoms with Crippen LogP contribution in [0.15, 0.2) is 18.3 Å². The maximum atomic E-state index is 11.5. The van der Waals surface area contributed by atoms with Crippen LogP contribution in [0.25, 0.3) is 0 Å². The molecule has 0 aromatic carbocycles. The van der Waals surface area contributed by atoms with E-state index in [0.717, 1.165) is 5.69 Å². The van der Waals surface area contributed by atoms with E-state index in [1.54, 1.807) is 18.3 Å². The molecular weight excluding hydrogens is 178 g/mol. The van der Waals surface area contributed by atoms with E-state index < -0.39 is 0 Å². The highest BCUT2D eigenvalue weighted by Gasteiger charge is 2.06. The summed E-state index contributed by atoms with van der Waals surface area (Å²) in [6, 6.07) is 3.53. The van der Waals surface area contributed by atoms with Crippen molar-refractivity contribution in [3.8, 4) is 0 Å². The average Bonchev–Trinajstić information content (AvgIpc) is 2.15. The Labute approximate surface area is 83.2 Å². The fourth-order valence-electron chi connectivity index (χ4n) is 1.07. The number of hydrogen-bond acceptors (Lipinski definition) is 3. The van der Waals surface area contributed by atoms with Gasteiger partial charge in [0.05, 0.1) is 0 Å². The molecule has 0 N–H and O–H groups in total. The number of aromatic nitrogens is 1. The molecule has 0 fully saturated rings. The van der Waals surface area contributed by atoms with E-state index in [4.69, 9.17) is 0 Å². The number of pyridine rings is 1. The van der Waals surface area contributed by atoms with Crippen LogP contribution >= 0.6 is 0 Å². The van der Waals surface area contributed by atoms with Gasteiger partial charge in [-0.3, -0.25) is 9.78 Å². The van der Waals surface area contributed by atoms with Gasteiger partial charge in [-0.15, -0.1) is 0 Å². The molecule has 0 aliphatic carbocycles. The van der Waals surface area contributed by atoms with Crippen LogP contribution in [0.5, 0.6) is 0 Å². The van der Waals surface area contributed by atoms with E-state index in [2.05, 4.69) is 4.98 Å². The van der Waals surface area contributed by atoms with Crippen molar-refractivity contribution in [2.75, 3.05) is 0 Å². The van der Waals surface area contributed by atoms with Crippen LogP contribution in [-0.4, -0.2) is 16.6 Å². The van der Waals surface area contributed by atoms with Gasteiger partial charge in [-0.25, -0.2) is 0 Å². The summed E-state index contributed by atoms with van der Waals surface area (Å²) in [5.41, 5.74) is 1.46. The summed E-state index contributed by atoms with van der Waals surface area (Å²) in [4.78, 5) is 26.2. The first kappa shape index (κ1) is 10.6. The lowest BCUT2D eigenvalue weighted by molar-refractivity contribution is -0.116. The predicted octanol–water partition coefficient (Wildman–Crippen LogP) is 1.94. The SMILES string of the molecule is CC(=O)CCC(=O)c1ccc(C)nc1. The van der Waals surface area contributed by atoms with Crippen molar-refractivity contribution < 1.29 is 9.59 Å². The summed E-state index contributed by atoms with van der Waals surface area (Å²) in [5.74, 6) is 0.0196. The van der Waals surface area contributed by atoms with Crippen LogP contribution in [0.2, 0.25) is 0 Å². The number of Topliss-reactive ketones (excluding diaryl/α,β-unsaturated/α-hetero) is 2. The van der Waals surface area contributed by atoms with Gasteiger partial charge < -0.3 is 4.79 Å². The summed E-state index contributed by atoms with van der Waals surface area (Å²) in [6.07, 6.45) is 2.14. The molecule has 1 rings (SSSR count). The van der Waals surface area contributed by atoms with Gasteiger partial charge in [-0.1, -0.05) is 0 Å². The molecule has 3 heteroatoms. The number of aryl methyl sites for hydroxylation is 1. The van der Waals surface area contributed by atoms with Crippen LogP contribution in [0, 0.1) is 6.92 Å². The van der Waals surface area contributed by atoms with Gasteiger partial charge in [0.25, 0.3) is 0 Å². The molecule has 0 spiro atoms. The topological polar surface area (TPSA) is 47.0 Å². The average molecular weight is 191 g/mol. The molecule has 1 heterocycles. The van der Waals surface area contributed by atoms with E-state index in [9.17, 15) is 9.59 Å². The van der Waals surface area contributed by atoms with E-state index in [1.165, 1.54) is 6.92 Å². The van der Waals surface area contributed by atoms with Crippen LogP contribution in [0.4, 0.5) is 0 Å². The minimum atomic E-state index is -0.0206. The summed E-state index contributed by atoms with van der Waals surface area (Å²) < 4.78 is 0. The second-order valence-electron chi connectivity index (χ2n) is 3.31. The first-order valence-corrected chi connectivity index (χ1v) is 4.55. The highest BCUT2D eigenvalue weighted by Crippen LogP contribution is 2.05. The maximum absolute atomic E-state index is 11.5. The third-order valence-electron chi connectivity index (χ3n) is 1.94. The van der Waals surface area contributed by atoms with Gasteiger partial charge in [0.2, 0.25) is 0 Å². The highest BCUT2D eigenvalue weighted by atomic mass is 16.1. The minimum Gasteiger partial charge on any atom is -0.300 e. The van der Waals surface area contributed by atoms with Crippen LogP contribution < -0.4 is 0 Å². The summed E-state index contributed by atoms with van der Waals surface area (Å²) in [5, 5.41) is 0. The normalized spacial score (nSPS) is 9.86. The number of nitrogens with zero attached hydrogens (tertiary/aromatic N) is 1. The molecule has 0 radical (unpaired) electrons. The molecule has 0 aliphatic rings. The smallest absolute Gasteiger partial charge is 0.164 e. The molecule has 0 bridgehead atoms. The van der Waals surface area contributed by atoms with Gasteiger partial charge in [0.1, 0.15) is 5.78 Å². The lowest BCUT2D eigenvalue weighted by Crippen LogP contribution is -2.02. The van der Waals surface area contributed by atoms with Crippen molar-refractivity contribution in [3.05, 3.63) is 29.6 Å². The van der Waals surface area contributed by atoms with Gasteiger partial charge in [0, 0.05) is 30.3 Å². The molecule has 0 aliphatic heterocycles. The van der Waals surface area contributed by atoms with Gasteiger partial charge in [-0.05, 0) is 26.0 Å². The number of ketones is 2. The van der Waals surface area contributed by atoms with Crippen LogP contribution in [0.3, 0.4) is 0 Å². The quantitative estimate of drug-likeness (QED) is 0.683. The Kier molecular flexibility index (Phi) is 3.51. The lowest BCUT2D eigenvalue weighted by Gasteiger charge is -1.99. The van der Waals surface area contributed by atoms with Gasteiger partial charge in [0.15, 0.2) is 5.78 Å². The molecule has 74 valence electrons. The Bertz CT molecular complexity index is 341. The molecule has 0 saturated heterocycles. The molecular formula is C11H13NO2. The van der Waals surface area contributed by atoms with Gasteiger partial charge in [-0.2, -0.15) is 0 Å². The number of rotatable bonds is 4. The first-order chi connectivity index (χ1) is 6.59. The molecule has 0 unspecified atom stereocenters. The standard InChI is InChI=1S/C11H13NO2/c1-8-3-5-10(7-12-8)11(14)6-4-9(2)13/h3,5,7H,4,6H2,1-2H3. The molecule has 0 atom stereocenters. The third kappa shape index (κ3) is 3.09. The van der Waals surface area contributed by atoms with Crippen molar-refractivity contribution in [1.29, 1.82) is 0 Å². The largest absolute Gasteiger partial charge is 0.300 e. The first-order valence-electron chi connectivity index (χ1n) is 4.55. The summed E-state index contributed by atoms with van der Waals surface area (Å²) in [7, 11) is 0. The fraction of sp³-hybridized carbons (Fsp3) is 0.364. The molecule has 1 aromatic heterocycles. The molecule has 0 saturated carbocycles. The predicted molar refractivity (Wildman–Crippen MR) is 53.2 cm³/mol. The maximum Gasteiger partial charge on any atom is 0.164 e. The Hall–Kier alpha value is -1.51. The molecule has 3 nitrogen and oxygen atoms in total. The Morgan fingerprint density at radius 1 is 1.29 bits per heavy atom. The van der Waals surface area contributed by atoms with Crippen LogP contribution in [-0.2, 0) is 4.79 Å².